The molecule has 2 aromatic carbocycles. The van der Waals surface area contributed by atoms with Gasteiger partial charge in [0.15, 0.2) is 0 Å². The lowest BCUT2D eigenvalue weighted by Crippen LogP contribution is -2.24. The molecule has 0 nitrogen and oxygen atoms in total. The maximum Gasteiger partial charge on any atom is 0.0671 e. The summed E-state index contributed by atoms with van der Waals surface area (Å²) in [7, 11) is 0. The number of rotatable bonds is 0. The second-order valence-corrected chi connectivity index (χ2v) is 6.08. The normalized spacial score (nSPS) is 31.9. The lowest BCUT2D eigenvalue weighted by molar-refractivity contribution is 0.586. The molecule has 0 N–H and O–H groups in total. The van der Waals surface area contributed by atoms with E-state index < -0.39 is 0 Å². The predicted octanol–water partition coefficient (Wildman–Crippen LogP) is 4.82. The van der Waals surface area contributed by atoms with Gasteiger partial charge in [0.1, 0.15) is 0 Å². The fourth-order valence-electron chi connectivity index (χ4n) is 3.54. The lowest BCUT2D eigenvalue weighted by Gasteiger charge is -2.32. The molecule has 90 valence electrons. The summed E-state index contributed by atoms with van der Waals surface area (Å²) in [5, 5.41) is 0.0726. The molecule has 2 aliphatic carbocycles. The summed E-state index contributed by atoms with van der Waals surface area (Å²) in [4.78, 5) is 0. The Kier molecular flexibility index (Phi) is 2.27. The highest BCUT2D eigenvalue weighted by molar-refractivity contribution is 6.26. The van der Waals surface area contributed by atoms with Crippen molar-refractivity contribution < 1.29 is 0 Å². The molecule has 0 radical (unpaired) electrons. The Morgan fingerprint density at radius 2 is 1.17 bits per heavy atom. The van der Waals surface area contributed by atoms with Crippen molar-refractivity contribution >= 4 is 23.2 Å². The van der Waals surface area contributed by atoms with E-state index in [0.29, 0.717) is 5.92 Å². The summed E-state index contributed by atoms with van der Waals surface area (Å²) in [6.07, 6.45) is 0. The molecule has 2 aromatic rings. The molecule has 0 amide bonds. The van der Waals surface area contributed by atoms with Gasteiger partial charge in [-0.3, -0.25) is 0 Å². The molecule has 2 bridgehead atoms. The first kappa shape index (κ1) is 10.9. The Morgan fingerprint density at radius 3 is 1.83 bits per heavy atom. The van der Waals surface area contributed by atoms with E-state index in [1.54, 1.807) is 0 Å². The molecule has 0 saturated carbocycles. The monoisotopic (exact) mass is 274 g/mol. The van der Waals surface area contributed by atoms with Gasteiger partial charge in [-0.05, 0) is 22.3 Å². The van der Waals surface area contributed by atoms with Crippen LogP contribution in [0.5, 0.6) is 0 Å². The molecular formula is C16H12Cl2. The van der Waals surface area contributed by atoms with E-state index in [1.165, 1.54) is 22.3 Å². The molecule has 18 heavy (non-hydrogen) atoms. The van der Waals surface area contributed by atoms with Crippen LogP contribution in [0.25, 0.3) is 0 Å². The molecule has 0 aliphatic heterocycles. The molecule has 0 aromatic heterocycles. The van der Waals surface area contributed by atoms with Crippen LogP contribution in [0.2, 0.25) is 0 Å². The third-order valence-corrected chi connectivity index (χ3v) is 5.33. The average molecular weight is 275 g/mol. The second-order valence-electron chi connectivity index (χ2n) is 5.11. The molecule has 4 rings (SSSR count). The van der Waals surface area contributed by atoms with Crippen LogP contribution in [0.4, 0.5) is 0 Å². The van der Waals surface area contributed by atoms with Crippen LogP contribution in [-0.2, 0) is 0 Å². The first-order valence-electron chi connectivity index (χ1n) is 6.25. The number of hydrogen-bond acceptors (Lipinski definition) is 0. The van der Waals surface area contributed by atoms with Crippen molar-refractivity contribution in [3.8, 4) is 0 Å². The van der Waals surface area contributed by atoms with Gasteiger partial charge in [0, 0.05) is 11.8 Å². The average Bonchev–Trinajstić information content (AvgIpc) is 2.63. The largest absolute Gasteiger partial charge is 0.121 e. The minimum Gasteiger partial charge on any atom is -0.121 e. The number of alkyl halides is 2. The first-order valence-corrected chi connectivity index (χ1v) is 7.12. The van der Waals surface area contributed by atoms with Crippen LogP contribution in [-0.4, -0.2) is 5.38 Å². The Morgan fingerprint density at radius 1 is 0.667 bits per heavy atom. The summed E-state index contributed by atoms with van der Waals surface area (Å²) >= 11 is 13.4. The van der Waals surface area contributed by atoms with Crippen molar-refractivity contribution in [2.45, 2.75) is 22.6 Å². The third kappa shape index (κ3) is 1.23. The SMILES string of the molecule is Cl[C@H]1[C@@H]2c3ccccc3[C@@H]1[C@@H](Cl)c1ccccc12. The minimum atomic E-state index is -0.0106. The smallest absolute Gasteiger partial charge is 0.0671 e. The quantitative estimate of drug-likeness (QED) is 0.605. The number of benzene rings is 2. The Balaban J connectivity index is 2.04. The van der Waals surface area contributed by atoms with Gasteiger partial charge in [0.25, 0.3) is 0 Å². The van der Waals surface area contributed by atoms with Crippen LogP contribution in [0.3, 0.4) is 0 Å². The molecule has 2 heteroatoms. The molecule has 0 fully saturated rings. The summed E-state index contributed by atoms with van der Waals surface area (Å²) in [5.74, 6) is 0.545. The zero-order valence-corrected chi connectivity index (χ0v) is 11.2. The third-order valence-electron chi connectivity index (χ3n) is 4.30. The maximum atomic E-state index is 6.68. The molecule has 0 heterocycles. The van der Waals surface area contributed by atoms with E-state index in [1.807, 2.05) is 0 Å². The van der Waals surface area contributed by atoms with Gasteiger partial charge in [0.05, 0.1) is 10.8 Å². The zero-order chi connectivity index (χ0) is 12.3. The van der Waals surface area contributed by atoms with Crippen molar-refractivity contribution in [1.29, 1.82) is 0 Å². The van der Waals surface area contributed by atoms with Gasteiger partial charge >= 0.3 is 0 Å². The van der Waals surface area contributed by atoms with Crippen molar-refractivity contribution in [3.63, 3.8) is 0 Å². The Bertz CT molecular complexity index is 620. The summed E-state index contributed by atoms with van der Waals surface area (Å²) in [6.45, 7) is 0. The van der Waals surface area contributed by atoms with Crippen LogP contribution < -0.4 is 0 Å². The fraction of sp³-hybridized carbons (Fsp3) is 0.250. The van der Waals surface area contributed by atoms with Gasteiger partial charge in [-0.25, -0.2) is 0 Å². The van der Waals surface area contributed by atoms with E-state index >= 15 is 0 Å². The highest BCUT2D eigenvalue weighted by Gasteiger charge is 2.48. The summed E-state index contributed by atoms with van der Waals surface area (Å²) < 4.78 is 0. The van der Waals surface area contributed by atoms with Crippen molar-refractivity contribution in [1.82, 2.24) is 0 Å². The van der Waals surface area contributed by atoms with Gasteiger partial charge in [-0.15, -0.1) is 23.2 Å². The van der Waals surface area contributed by atoms with Crippen LogP contribution in [0, 0.1) is 0 Å². The van der Waals surface area contributed by atoms with Gasteiger partial charge in [-0.1, -0.05) is 48.5 Å². The van der Waals surface area contributed by atoms with Crippen molar-refractivity contribution in [2.24, 2.45) is 0 Å². The van der Waals surface area contributed by atoms with Crippen LogP contribution >= 0.6 is 23.2 Å². The van der Waals surface area contributed by atoms with E-state index in [0.717, 1.165) is 0 Å². The van der Waals surface area contributed by atoms with Gasteiger partial charge in [-0.2, -0.15) is 0 Å². The molecule has 0 spiro atoms. The van der Waals surface area contributed by atoms with E-state index in [-0.39, 0.29) is 16.7 Å². The molecule has 0 saturated heterocycles. The summed E-state index contributed by atoms with van der Waals surface area (Å²) in [6, 6.07) is 17.0. The van der Waals surface area contributed by atoms with E-state index in [2.05, 4.69) is 48.5 Å². The first-order chi connectivity index (χ1) is 8.79. The maximum absolute atomic E-state index is 6.68. The second kappa shape index (κ2) is 3.76. The van der Waals surface area contributed by atoms with Crippen molar-refractivity contribution in [3.05, 3.63) is 70.8 Å². The fourth-order valence-corrected chi connectivity index (χ4v) is 4.66. The van der Waals surface area contributed by atoms with E-state index in [9.17, 15) is 0 Å². The minimum absolute atomic E-state index is 0.0106. The Hall–Kier alpha value is -0.980. The standard InChI is InChI=1S/C16H12Cl2/c17-15-12-8-4-3-7-11(12)13-9-5-1-2-6-10(9)14(15)16(13)18/h1-8,13-16H/t13-,14-,15+,16+/m1/s1. The number of halogens is 2. The highest BCUT2D eigenvalue weighted by atomic mass is 35.5. The predicted molar refractivity (Wildman–Crippen MR) is 75.7 cm³/mol. The molecular weight excluding hydrogens is 263 g/mol. The van der Waals surface area contributed by atoms with Gasteiger partial charge in [0.2, 0.25) is 0 Å². The summed E-state index contributed by atoms with van der Waals surface area (Å²) in [5.41, 5.74) is 5.25. The molecule has 2 aliphatic rings. The van der Waals surface area contributed by atoms with Crippen molar-refractivity contribution in [2.75, 3.05) is 0 Å². The highest BCUT2D eigenvalue weighted by Crippen LogP contribution is 2.59. The number of hydrogen-bond donors (Lipinski definition) is 0. The number of fused-ring (bicyclic) bond motifs is 7. The zero-order valence-electron chi connectivity index (χ0n) is 9.68. The Labute approximate surface area is 117 Å². The molecule has 4 atom stereocenters. The van der Waals surface area contributed by atoms with Crippen LogP contribution in [0.15, 0.2) is 48.5 Å². The van der Waals surface area contributed by atoms with E-state index in [4.69, 9.17) is 23.2 Å². The topological polar surface area (TPSA) is 0 Å². The molecule has 0 unspecified atom stereocenters. The van der Waals surface area contributed by atoms with Crippen LogP contribution in [0.1, 0.15) is 39.5 Å². The van der Waals surface area contributed by atoms with Gasteiger partial charge < -0.3 is 0 Å². The lowest BCUT2D eigenvalue weighted by atomic mass is 9.80.